The Morgan fingerprint density at radius 1 is 1.45 bits per heavy atom. The molecule has 0 bridgehead atoms. The Morgan fingerprint density at radius 3 is 2.73 bits per heavy atom. The zero-order chi connectivity index (χ0) is 16.2. The van der Waals surface area contributed by atoms with Crippen LogP contribution >= 0.6 is 0 Å². The monoisotopic (exact) mass is 306 g/mol. The number of hydrogen-bond donors (Lipinski definition) is 1. The van der Waals surface area contributed by atoms with E-state index in [0.29, 0.717) is 30.7 Å². The number of nitrogens with zero attached hydrogens (tertiary/aromatic N) is 1. The molecule has 2 rings (SSSR count). The molecule has 1 fully saturated rings. The number of aryl methyl sites for hydroxylation is 1. The molecule has 22 heavy (non-hydrogen) atoms. The van der Waals surface area contributed by atoms with Gasteiger partial charge in [-0.1, -0.05) is 6.92 Å². The first-order valence-electron chi connectivity index (χ1n) is 8.06. The molecule has 1 aliphatic rings. The topological polar surface area (TPSA) is 60.5 Å². The second kappa shape index (κ2) is 7.09. The fourth-order valence-electron chi connectivity index (χ4n) is 2.49. The summed E-state index contributed by atoms with van der Waals surface area (Å²) >= 11 is 0. The average Bonchev–Trinajstić information content (AvgIpc) is 3.32. The van der Waals surface area contributed by atoms with Crippen molar-refractivity contribution in [3.05, 3.63) is 17.8 Å². The molecule has 1 heterocycles. The molecule has 0 saturated heterocycles. The van der Waals surface area contributed by atoms with Crippen LogP contribution in [0.5, 0.6) is 5.88 Å². The lowest BCUT2D eigenvalue weighted by molar-refractivity contribution is -0.142. The molecular weight excluding hydrogens is 280 g/mol. The molecule has 1 atom stereocenters. The largest absolute Gasteiger partial charge is 0.478 e. The molecule has 1 aromatic rings. The quantitative estimate of drug-likeness (QED) is 0.800. The standard InChI is InChI=1S/C17H26N2O3/c1-5-9-22-17(4,13-7-8-13)16(20)19-14-10-12(3)15(18-11-14)21-6-2/h10-11,13H,5-9H2,1-4H3,(H,19,20)/t17-/m1/s1. The van der Waals surface area contributed by atoms with Gasteiger partial charge in [0.1, 0.15) is 5.60 Å². The van der Waals surface area contributed by atoms with Crippen LogP contribution in [-0.2, 0) is 9.53 Å². The Hall–Kier alpha value is -1.62. The van der Waals surface area contributed by atoms with E-state index in [0.717, 1.165) is 24.8 Å². The maximum Gasteiger partial charge on any atom is 0.256 e. The summed E-state index contributed by atoms with van der Waals surface area (Å²) in [7, 11) is 0. The van der Waals surface area contributed by atoms with Crippen molar-refractivity contribution >= 4 is 11.6 Å². The number of ether oxygens (including phenoxy) is 2. The zero-order valence-corrected chi connectivity index (χ0v) is 13.9. The number of amides is 1. The number of aromatic nitrogens is 1. The van der Waals surface area contributed by atoms with Crippen LogP contribution in [0.25, 0.3) is 0 Å². The molecule has 1 N–H and O–H groups in total. The van der Waals surface area contributed by atoms with Crippen LogP contribution in [0.1, 0.15) is 45.6 Å². The van der Waals surface area contributed by atoms with Crippen LogP contribution in [0.3, 0.4) is 0 Å². The van der Waals surface area contributed by atoms with Crippen molar-refractivity contribution in [3.8, 4) is 5.88 Å². The Labute approximate surface area is 132 Å². The zero-order valence-electron chi connectivity index (χ0n) is 13.9. The number of anilines is 1. The first kappa shape index (κ1) is 16.7. The van der Waals surface area contributed by atoms with E-state index in [1.54, 1.807) is 6.20 Å². The second-order valence-electron chi connectivity index (χ2n) is 5.96. The predicted octanol–water partition coefficient (Wildman–Crippen LogP) is 3.32. The Morgan fingerprint density at radius 2 is 2.18 bits per heavy atom. The number of nitrogens with one attached hydrogen (secondary N) is 1. The predicted molar refractivity (Wildman–Crippen MR) is 86.1 cm³/mol. The van der Waals surface area contributed by atoms with Gasteiger partial charge in [-0.3, -0.25) is 4.79 Å². The van der Waals surface area contributed by atoms with Gasteiger partial charge in [0.25, 0.3) is 5.91 Å². The van der Waals surface area contributed by atoms with Crippen molar-refractivity contribution in [3.63, 3.8) is 0 Å². The number of rotatable bonds is 8. The summed E-state index contributed by atoms with van der Waals surface area (Å²) in [6.07, 6.45) is 4.63. The summed E-state index contributed by atoms with van der Waals surface area (Å²) in [5.74, 6) is 0.831. The van der Waals surface area contributed by atoms with Gasteiger partial charge in [-0.25, -0.2) is 4.98 Å². The van der Waals surface area contributed by atoms with Crippen molar-refractivity contribution in [1.82, 2.24) is 4.98 Å². The molecule has 0 spiro atoms. The third kappa shape index (κ3) is 3.77. The highest BCUT2D eigenvalue weighted by molar-refractivity contribution is 5.97. The highest BCUT2D eigenvalue weighted by atomic mass is 16.5. The summed E-state index contributed by atoms with van der Waals surface area (Å²) in [6.45, 7) is 8.95. The van der Waals surface area contributed by atoms with Crippen LogP contribution in [0.4, 0.5) is 5.69 Å². The molecule has 0 aliphatic heterocycles. The van der Waals surface area contributed by atoms with Crippen molar-refractivity contribution in [2.45, 2.75) is 52.6 Å². The summed E-state index contributed by atoms with van der Waals surface area (Å²) in [6, 6.07) is 1.88. The van der Waals surface area contributed by atoms with Crippen LogP contribution in [-0.4, -0.2) is 29.7 Å². The molecule has 0 radical (unpaired) electrons. The van der Waals surface area contributed by atoms with Crippen molar-refractivity contribution in [2.24, 2.45) is 5.92 Å². The van der Waals surface area contributed by atoms with E-state index < -0.39 is 5.60 Å². The van der Waals surface area contributed by atoms with Gasteiger partial charge in [-0.2, -0.15) is 0 Å². The Bertz CT molecular complexity index is 529. The lowest BCUT2D eigenvalue weighted by atomic mass is 9.98. The summed E-state index contributed by atoms with van der Waals surface area (Å²) in [5.41, 5.74) is 0.836. The van der Waals surface area contributed by atoms with Crippen LogP contribution in [0.15, 0.2) is 12.3 Å². The van der Waals surface area contributed by atoms with Crippen molar-refractivity contribution in [1.29, 1.82) is 0 Å². The van der Waals surface area contributed by atoms with Crippen LogP contribution < -0.4 is 10.1 Å². The molecule has 1 saturated carbocycles. The highest BCUT2D eigenvalue weighted by Crippen LogP contribution is 2.42. The van der Waals surface area contributed by atoms with Crippen molar-refractivity contribution in [2.75, 3.05) is 18.5 Å². The number of hydrogen-bond acceptors (Lipinski definition) is 4. The maximum absolute atomic E-state index is 12.6. The van der Waals surface area contributed by atoms with Crippen LogP contribution in [0, 0.1) is 12.8 Å². The molecule has 5 nitrogen and oxygen atoms in total. The third-order valence-electron chi connectivity index (χ3n) is 3.98. The first-order valence-corrected chi connectivity index (χ1v) is 8.06. The van der Waals surface area contributed by atoms with E-state index in [4.69, 9.17) is 9.47 Å². The van der Waals surface area contributed by atoms with E-state index >= 15 is 0 Å². The fraction of sp³-hybridized carbons (Fsp3) is 0.647. The van der Waals surface area contributed by atoms with Gasteiger partial charge in [-0.15, -0.1) is 0 Å². The number of carbonyl (C=O) groups is 1. The van der Waals surface area contributed by atoms with Gasteiger partial charge in [0.15, 0.2) is 0 Å². The highest BCUT2D eigenvalue weighted by Gasteiger charge is 2.48. The molecule has 122 valence electrons. The minimum atomic E-state index is -0.748. The molecule has 5 heteroatoms. The van der Waals surface area contributed by atoms with E-state index in [9.17, 15) is 4.79 Å². The van der Waals surface area contributed by atoms with Gasteiger partial charge in [-0.05, 0) is 52.0 Å². The lowest BCUT2D eigenvalue weighted by Crippen LogP contribution is -2.45. The Kier molecular flexibility index (Phi) is 5.40. The summed E-state index contributed by atoms with van der Waals surface area (Å²) in [5, 5.41) is 2.94. The lowest BCUT2D eigenvalue weighted by Gasteiger charge is -2.28. The van der Waals surface area contributed by atoms with E-state index in [1.807, 2.05) is 33.8 Å². The van der Waals surface area contributed by atoms with Crippen LogP contribution in [0.2, 0.25) is 0 Å². The molecule has 1 amide bonds. The summed E-state index contributed by atoms with van der Waals surface area (Å²) < 4.78 is 11.3. The minimum Gasteiger partial charge on any atom is -0.478 e. The molecular formula is C17H26N2O3. The molecule has 0 unspecified atom stereocenters. The SMILES string of the molecule is CCCO[C@@](C)(C(=O)Nc1cnc(OCC)c(C)c1)C1CC1. The van der Waals surface area contributed by atoms with E-state index in [2.05, 4.69) is 10.3 Å². The number of carbonyl (C=O) groups excluding carboxylic acids is 1. The maximum atomic E-state index is 12.6. The molecule has 0 aromatic carbocycles. The van der Waals surface area contributed by atoms with Crippen molar-refractivity contribution < 1.29 is 14.3 Å². The van der Waals surface area contributed by atoms with Gasteiger partial charge in [0, 0.05) is 12.2 Å². The van der Waals surface area contributed by atoms with E-state index in [-0.39, 0.29) is 5.91 Å². The van der Waals surface area contributed by atoms with E-state index in [1.165, 1.54) is 0 Å². The van der Waals surface area contributed by atoms with Gasteiger partial charge in [0.2, 0.25) is 5.88 Å². The fourth-order valence-corrected chi connectivity index (χ4v) is 2.49. The average molecular weight is 306 g/mol. The second-order valence-corrected chi connectivity index (χ2v) is 5.96. The smallest absolute Gasteiger partial charge is 0.256 e. The first-order chi connectivity index (χ1) is 10.5. The van der Waals surface area contributed by atoms with Gasteiger partial charge >= 0.3 is 0 Å². The normalized spacial score (nSPS) is 16.9. The third-order valence-corrected chi connectivity index (χ3v) is 3.98. The number of pyridine rings is 1. The molecule has 1 aliphatic carbocycles. The Balaban J connectivity index is 2.08. The minimum absolute atomic E-state index is 0.0891. The molecule has 1 aromatic heterocycles. The van der Waals surface area contributed by atoms with Gasteiger partial charge < -0.3 is 14.8 Å². The summed E-state index contributed by atoms with van der Waals surface area (Å²) in [4.78, 5) is 16.9. The van der Waals surface area contributed by atoms with Gasteiger partial charge in [0.05, 0.1) is 18.5 Å².